The summed E-state index contributed by atoms with van der Waals surface area (Å²) >= 11 is 4.87. The van der Waals surface area contributed by atoms with Gasteiger partial charge in [-0.3, -0.25) is 4.79 Å². The quantitative estimate of drug-likeness (QED) is 0.846. The Morgan fingerprint density at radius 3 is 2.83 bits per heavy atom. The zero-order chi connectivity index (χ0) is 13.2. The molecule has 0 bridgehead atoms. The molecular weight excluding hydrogens is 338 g/mol. The highest BCUT2D eigenvalue weighted by Crippen LogP contribution is 2.22. The van der Waals surface area contributed by atoms with E-state index < -0.39 is 9.84 Å². The highest BCUT2D eigenvalue weighted by Gasteiger charge is 2.28. The van der Waals surface area contributed by atoms with Crippen LogP contribution in [-0.4, -0.2) is 31.9 Å². The van der Waals surface area contributed by atoms with Crippen LogP contribution in [0, 0.1) is 0 Å². The van der Waals surface area contributed by atoms with Crippen LogP contribution in [0.4, 0.5) is 0 Å². The number of thiophene rings is 1. The summed E-state index contributed by atoms with van der Waals surface area (Å²) in [5.41, 5.74) is 0. The molecule has 4 nitrogen and oxygen atoms in total. The van der Waals surface area contributed by atoms with Crippen LogP contribution >= 0.6 is 27.3 Å². The van der Waals surface area contributed by atoms with Gasteiger partial charge in [-0.25, -0.2) is 8.42 Å². The topological polar surface area (TPSA) is 63.2 Å². The molecule has 1 aliphatic heterocycles. The van der Waals surface area contributed by atoms with E-state index in [2.05, 4.69) is 21.2 Å². The molecule has 1 saturated heterocycles. The molecule has 1 amide bonds. The molecule has 2 rings (SSSR count). The molecule has 0 aliphatic carbocycles. The van der Waals surface area contributed by atoms with Crippen molar-refractivity contribution in [2.24, 2.45) is 0 Å². The number of carbonyl (C=O) groups is 1. The van der Waals surface area contributed by atoms with Crippen molar-refractivity contribution in [3.63, 3.8) is 0 Å². The maximum absolute atomic E-state index is 11.6. The Kier molecular flexibility index (Phi) is 4.24. The average molecular weight is 350 g/mol. The molecular formula is C11H12BrNO3S2. The SMILES string of the molecule is O=C(/C=C/c1ccc(Br)s1)NC1CCS(=O)(=O)C1. The number of nitrogens with one attached hydrogen (secondary N) is 1. The minimum absolute atomic E-state index is 0.0527. The number of amides is 1. The van der Waals surface area contributed by atoms with Crippen LogP contribution in [0.2, 0.25) is 0 Å². The molecule has 1 aromatic rings. The van der Waals surface area contributed by atoms with E-state index in [1.807, 2.05) is 12.1 Å². The standard InChI is InChI=1S/C11H12BrNO3S2/c12-10-3-1-9(17-10)2-4-11(14)13-8-5-6-18(15,16)7-8/h1-4,8H,5-7H2,(H,13,14)/b4-2+. The fourth-order valence-electron chi connectivity index (χ4n) is 1.73. The minimum Gasteiger partial charge on any atom is -0.349 e. The molecule has 1 aliphatic rings. The second-order valence-electron chi connectivity index (χ2n) is 4.08. The molecule has 2 heterocycles. The van der Waals surface area contributed by atoms with Crippen LogP contribution in [-0.2, 0) is 14.6 Å². The van der Waals surface area contributed by atoms with Gasteiger partial charge >= 0.3 is 0 Å². The molecule has 0 spiro atoms. The predicted molar refractivity (Wildman–Crippen MR) is 76.3 cm³/mol. The van der Waals surface area contributed by atoms with Gasteiger partial charge in [0, 0.05) is 17.0 Å². The molecule has 1 aromatic heterocycles. The van der Waals surface area contributed by atoms with Crippen molar-refractivity contribution < 1.29 is 13.2 Å². The number of sulfone groups is 1. The van der Waals surface area contributed by atoms with Crippen molar-refractivity contribution in [3.05, 3.63) is 26.9 Å². The van der Waals surface area contributed by atoms with Crippen LogP contribution in [0.15, 0.2) is 22.0 Å². The molecule has 18 heavy (non-hydrogen) atoms. The summed E-state index contributed by atoms with van der Waals surface area (Å²) in [4.78, 5) is 12.6. The van der Waals surface area contributed by atoms with E-state index in [4.69, 9.17) is 0 Å². The number of halogens is 1. The Hall–Kier alpha value is -0.660. The Morgan fingerprint density at radius 2 is 2.28 bits per heavy atom. The first-order valence-electron chi connectivity index (χ1n) is 5.39. The molecule has 1 N–H and O–H groups in total. The Balaban J connectivity index is 1.88. The lowest BCUT2D eigenvalue weighted by Crippen LogP contribution is -2.34. The van der Waals surface area contributed by atoms with Crippen LogP contribution in [0.25, 0.3) is 6.08 Å². The van der Waals surface area contributed by atoms with E-state index in [1.165, 1.54) is 17.4 Å². The Morgan fingerprint density at radius 1 is 1.50 bits per heavy atom. The van der Waals surface area contributed by atoms with Crippen molar-refractivity contribution in [2.45, 2.75) is 12.5 Å². The second-order valence-corrected chi connectivity index (χ2v) is 8.81. The van der Waals surface area contributed by atoms with Crippen LogP contribution in [0.3, 0.4) is 0 Å². The normalized spacial score (nSPS) is 22.4. The fourth-order valence-corrected chi connectivity index (χ4v) is 4.73. The van der Waals surface area contributed by atoms with E-state index in [-0.39, 0.29) is 23.5 Å². The van der Waals surface area contributed by atoms with Gasteiger partial charge in [-0.1, -0.05) is 0 Å². The van der Waals surface area contributed by atoms with Crippen LogP contribution < -0.4 is 5.32 Å². The average Bonchev–Trinajstić information content (AvgIpc) is 2.82. The predicted octanol–water partition coefficient (Wildman–Crippen LogP) is 1.83. The van der Waals surface area contributed by atoms with Gasteiger partial charge in [0.05, 0.1) is 15.3 Å². The van der Waals surface area contributed by atoms with Gasteiger partial charge in [-0.2, -0.15) is 0 Å². The first-order valence-corrected chi connectivity index (χ1v) is 8.82. The van der Waals surface area contributed by atoms with E-state index in [0.29, 0.717) is 6.42 Å². The summed E-state index contributed by atoms with van der Waals surface area (Å²) < 4.78 is 23.5. The summed E-state index contributed by atoms with van der Waals surface area (Å²) in [5.74, 6) is -0.0296. The van der Waals surface area contributed by atoms with Gasteiger partial charge in [0.25, 0.3) is 0 Å². The third-order valence-corrected chi connectivity index (χ3v) is 5.93. The van der Waals surface area contributed by atoms with Gasteiger partial charge in [0.15, 0.2) is 9.84 Å². The number of carbonyl (C=O) groups excluding carboxylic acids is 1. The Labute approximate surface area is 118 Å². The monoisotopic (exact) mass is 349 g/mol. The van der Waals surface area contributed by atoms with E-state index >= 15 is 0 Å². The smallest absolute Gasteiger partial charge is 0.244 e. The molecule has 98 valence electrons. The highest BCUT2D eigenvalue weighted by molar-refractivity contribution is 9.11. The third kappa shape index (κ3) is 3.93. The number of hydrogen-bond acceptors (Lipinski definition) is 4. The van der Waals surface area contributed by atoms with Gasteiger partial charge < -0.3 is 5.32 Å². The van der Waals surface area contributed by atoms with Crippen molar-refractivity contribution in [1.82, 2.24) is 5.32 Å². The largest absolute Gasteiger partial charge is 0.349 e. The maximum atomic E-state index is 11.6. The van der Waals surface area contributed by atoms with Gasteiger partial charge in [-0.15, -0.1) is 11.3 Å². The zero-order valence-electron chi connectivity index (χ0n) is 9.43. The van der Waals surface area contributed by atoms with Crippen molar-refractivity contribution in [2.75, 3.05) is 11.5 Å². The van der Waals surface area contributed by atoms with Gasteiger partial charge in [0.2, 0.25) is 5.91 Å². The van der Waals surface area contributed by atoms with Crippen LogP contribution in [0.1, 0.15) is 11.3 Å². The lowest BCUT2D eigenvalue weighted by Gasteiger charge is -2.07. The van der Waals surface area contributed by atoms with Crippen molar-refractivity contribution in [3.8, 4) is 0 Å². The van der Waals surface area contributed by atoms with Crippen molar-refractivity contribution >= 4 is 49.1 Å². The molecule has 1 atom stereocenters. The fraction of sp³-hybridized carbons (Fsp3) is 0.364. The maximum Gasteiger partial charge on any atom is 0.244 e. The molecule has 7 heteroatoms. The van der Waals surface area contributed by atoms with E-state index in [0.717, 1.165) is 8.66 Å². The summed E-state index contributed by atoms with van der Waals surface area (Å²) in [6.07, 6.45) is 3.66. The van der Waals surface area contributed by atoms with Gasteiger partial charge in [0.1, 0.15) is 0 Å². The molecule has 0 saturated carbocycles. The summed E-state index contributed by atoms with van der Waals surface area (Å²) in [6, 6.07) is 3.56. The van der Waals surface area contributed by atoms with Crippen molar-refractivity contribution in [1.29, 1.82) is 0 Å². The summed E-state index contributed by atoms with van der Waals surface area (Å²) in [5, 5.41) is 2.70. The number of hydrogen-bond donors (Lipinski definition) is 1. The second kappa shape index (κ2) is 5.54. The van der Waals surface area contributed by atoms with E-state index in [9.17, 15) is 13.2 Å². The van der Waals surface area contributed by atoms with Gasteiger partial charge in [-0.05, 0) is 40.6 Å². The first kappa shape index (κ1) is 13.8. The Bertz CT molecular complexity index is 577. The zero-order valence-corrected chi connectivity index (χ0v) is 12.6. The first-order chi connectivity index (χ1) is 8.44. The molecule has 0 aromatic carbocycles. The summed E-state index contributed by atoms with van der Waals surface area (Å²) in [7, 11) is -2.95. The van der Waals surface area contributed by atoms with E-state index in [1.54, 1.807) is 6.08 Å². The lowest BCUT2D eigenvalue weighted by molar-refractivity contribution is -0.116. The molecule has 1 unspecified atom stereocenters. The highest BCUT2D eigenvalue weighted by atomic mass is 79.9. The van der Waals surface area contributed by atoms with Crippen LogP contribution in [0.5, 0.6) is 0 Å². The summed E-state index contributed by atoms with van der Waals surface area (Å²) in [6.45, 7) is 0. The molecule has 0 radical (unpaired) electrons. The lowest BCUT2D eigenvalue weighted by atomic mass is 10.2. The molecule has 1 fully saturated rings. The number of rotatable bonds is 3. The third-order valence-electron chi connectivity index (χ3n) is 2.57. The minimum atomic E-state index is -2.95.